The first kappa shape index (κ1) is 15.7. The number of allylic oxidation sites excluding steroid dienone is 2. The van der Waals surface area contributed by atoms with Crippen LogP contribution in [0.15, 0.2) is 11.8 Å². The predicted octanol–water partition coefficient (Wildman–Crippen LogP) is -0.298. The summed E-state index contributed by atoms with van der Waals surface area (Å²) >= 11 is 0. The summed E-state index contributed by atoms with van der Waals surface area (Å²) in [5.41, 5.74) is 6.27. The SMILES string of the molecule is C\C=C(N)/C=c1\c(=C/C)nc(C)n1COP(=O)(O)O. The minimum absolute atomic E-state index is 0.292. The zero-order valence-corrected chi connectivity index (χ0v) is 12.0. The zero-order chi connectivity index (χ0) is 14.6. The van der Waals surface area contributed by atoms with Crippen molar-refractivity contribution in [2.45, 2.75) is 27.5 Å². The third-order valence-electron chi connectivity index (χ3n) is 2.49. The molecule has 0 aromatic carbocycles. The highest BCUT2D eigenvalue weighted by molar-refractivity contribution is 7.46. The van der Waals surface area contributed by atoms with Crippen LogP contribution < -0.4 is 16.4 Å². The topological polar surface area (TPSA) is 111 Å². The van der Waals surface area contributed by atoms with Gasteiger partial charge in [-0.3, -0.25) is 4.52 Å². The van der Waals surface area contributed by atoms with Crippen LogP contribution in [-0.4, -0.2) is 19.3 Å². The molecule has 0 saturated carbocycles. The number of imidazole rings is 1. The van der Waals surface area contributed by atoms with Crippen molar-refractivity contribution in [2.75, 3.05) is 0 Å². The van der Waals surface area contributed by atoms with Crippen molar-refractivity contribution in [3.8, 4) is 0 Å². The van der Waals surface area contributed by atoms with Gasteiger partial charge in [-0.2, -0.15) is 0 Å². The Hall–Kier alpha value is -1.40. The van der Waals surface area contributed by atoms with Gasteiger partial charge < -0.3 is 20.1 Å². The van der Waals surface area contributed by atoms with Gasteiger partial charge in [0.15, 0.2) is 0 Å². The molecule has 0 fully saturated rings. The van der Waals surface area contributed by atoms with E-state index >= 15 is 0 Å². The van der Waals surface area contributed by atoms with E-state index in [4.69, 9.17) is 15.5 Å². The van der Waals surface area contributed by atoms with Crippen LogP contribution in [0.5, 0.6) is 0 Å². The van der Waals surface area contributed by atoms with E-state index in [1.807, 2.05) is 6.92 Å². The van der Waals surface area contributed by atoms with Crippen molar-refractivity contribution < 1.29 is 18.9 Å². The quantitative estimate of drug-likeness (QED) is 0.656. The first-order valence-electron chi connectivity index (χ1n) is 5.61. The summed E-state index contributed by atoms with van der Waals surface area (Å²) in [6.07, 6.45) is 5.18. The summed E-state index contributed by atoms with van der Waals surface area (Å²) < 4.78 is 16.8. The Bertz CT molecular complexity index is 642. The summed E-state index contributed by atoms with van der Waals surface area (Å²) in [6, 6.07) is 0. The summed E-state index contributed by atoms with van der Waals surface area (Å²) in [7, 11) is -4.53. The van der Waals surface area contributed by atoms with E-state index in [0.29, 0.717) is 22.2 Å². The van der Waals surface area contributed by atoms with Crippen molar-refractivity contribution in [1.29, 1.82) is 0 Å². The van der Waals surface area contributed by atoms with Crippen LogP contribution in [0, 0.1) is 6.92 Å². The lowest BCUT2D eigenvalue weighted by atomic mass is 10.3. The second-order valence-corrected chi connectivity index (χ2v) is 5.07. The van der Waals surface area contributed by atoms with Crippen molar-refractivity contribution >= 4 is 20.0 Å². The molecule has 19 heavy (non-hydrogen) atoms. The molecule has 8 heteroatoms. The number of phosphoric acid groups is 1. The molecule has 0 unspecified atom stereocenters. The zero-order valence-electron chi connectivity index (χ0n) is 11.1. The third kappa shape index (κ3) is 4.33. The fourth-order valence-corrected chi connectivity index (χ4v) is 1.77. The molecule has 0 aliphatic heterocycles. The molecule has 4 N–H and O–H groups in total. The van der Waals surface area contributed by atoms with Gasteiger partial charge in [0.2, 0.25) is 0 Å². The van der Waals surface area contributed by atoms with E-state index in [1.165, 1.54) is 0 Å². The van der Waals surface area contributed by atoms with Crippen LogP contribution in [0.1, 0.15) is 19.7 Å². The molecule has 106 valence electrons. The first-order valence-corrected chi connectivity index (χ1v) is 7.14. The van der Waals surface area contributed by atoms with Gasteiger partial charge in [-0.25, -0.2) is 9.55 Å². The summed E-state index contributed by atoms with van der Waals surface area (Å²) in [6.45, 7) is 5.04. The molecule has 1 rings (SSSR count). The van der Waals surface area contributed by atoms with Crippen molar-refractivity contribution in [1.82, 2.24) is 9.55 Å². The Kier molecular flexibility index (Phi) is 5.08. The molecular weight excluding hydrogens is 269 g/mol. The highest BCUT2D eigenvalue weighted by Gasteiger charge is 2.15. The van der Waals surface area contributed by atoms with E-state index in [9.17, 15) is 4.57 Å². The first-order chi connectivity index (χ1) is 8.78. The van der Waals surface area contributed by atoms with Crippen molar-refractivity contribution in [3.05, 3.63) is 28.3 Å². The molecule has 0 atom stereocenters. The van der Waals surface area contributed by atoms with Crippen molar-refractivity contribution in [2.24, 2.45) is 5.73 Å². The molecule has 0 amide bonds. The van der Waals surface area contributed by atoms with Gasteiger partial charge in [0, 0.05) is 5.70 Å². The molecule has 0 aliphatic carbocycles. The number of aryl methyl sites for hydroxylation is 1. The number of hydrogen-bond donors (Lipinski definition) is 3. The molecule has 0 radical (unpaired) electrons. The number of rotatable bonds is 4. The van der Waals surface area contributed by atoms with Gasteiger partial charge in [-0.15, -0.1) is 0 Å². The minimum atomic E-state index is -4.53. The van der Waals surface area contributed by atoms with Gasteiger partial charge >= 0.3 is 7.82 Å². The Morgan fingerprint density at radius 3 is 2.63 bits per heavy atom. The average Bonchev–Trinajstić information content (AvgIpc) is 2.61. The highest BCUT2D eigenvalue weighted by Crippen LogP contribution is 2.35. The molecule has 1 aromatic rings. The van der Waals surface area contributed by atoms with E-state index in [2.05, 4.69) is 9.51 Å². The van der Waals surface area contributed by atoms with E-state index < -0.39 is 7.82 Å². The lowest BCUT2D eigenvalue weighted by Crippen LogP contribution is -2.31. The molecule has 7 nitrogen and oxygen atoms in total. The second-order valence-electron chi connectivity index (χ2n) is 3.83. The van der Waals surface area contributed by atoms with Crippen LogP contribution in [0.2, 0.25) is 0 Å². The molecule has 1 aromatic heterocycles. The normalized spacial score (nSPS) is 15.3. The molecule has 0 aliphatic rings. The van der Waals surface area contributed by atoms with Gasteiger partial charge in [0.05, 0.1) is 10.7 Å². The highest BCUT2D eigenvalue weighted by atomic mass is 31.2. The van der Waals surface area contributed by atoms with Gasteiger partial charge in [-0.05, 0) is 26.8 Å². The Balaban J connectivity index is 3.36. The third-order valence-corrected chi connectivity index (χ3v) is 2.94. The standard InChI is InChI=1S/C11H18N3O4P/c1-4-9(12)6-11-10(5-2)13-8(3)14(11)7-18-19(15,16)17/h4-6H,7,12H2,1-3H3,(H2,15,16,17)/b9-4+,10-5+,11-6+. The number of hydrogen-bond acceptors (Lipinski definition) is 4. The van der Waals surface area contributed by atoms with Crippen molar-refractivity contribution in [3.63, 3.8) is 0 Å². The number of nitrogens with two attached hydrogens (primary N) is 1. The minimum Gasteiger partial charge on any atom is -0.399 e. The Morgan fingerprint density at radius 1 is 1.53 bits per heavy atom. The fourth-order valence-electron chi connectivity index (χ4n) is 1.51. The lowest BCUT2D eigenvalue weighted by Gasteiger charge is -2.08. The Morgan fingerprint density at radius 2 is 2.16 bits per heavy atom. The Labute approximate surface area is 111 Å². The van der Waals surface area contributed by atoms with Crippen LogP contribution >= 0.6 is 7.82 Å². The van der Waals surface area contributed by atoms with E-state index in [1.54, 1.807) is 36.6 Å². The summed E-state index contributed by atoms with van der Waals surface area (Å²) in [5.74, 6) is 0.580. The maximum Gasteiger partial charge on any atom is 0.471 e. The molecule has 1 heterocycles. The summed E-state index contributed by atoms with van der Waals surface area (Å²) in [5, 5.41) is 1.32. The molecule has 0 spiro atoms. The second kappa shape index (κ2) is 6.16. The molecular formula is C11H18N3O4P. The smallest absolute Gasteiger partial charge is 0.399 e. The molecule has 0 saturated heterocycles. The average molecular weight is 287 g/mol. The number of nitrogens with zero attached hydrogens (tertiary/aromatic N) is 2. The van der Waals surface area contributed by atoms with Crippen LogP contribution in [0.4, 0.5) is 0 Å². The number of phosphoric ester groups is 1. The number of aromatic nitrogens is 2. The van der Waals surface area contributed by atoms with E-state index in [-0.39, 0.29) is 6.73 Å². The summed E-state index contributed by atoms with van der Waals surface area (Å²) in [4.78, 5) is 21.8. The maximum absolute atomic E-state index is 10.8. The monoisotopic (exact) mass is 287 g/mol. The lowest BCUT2D eigenvalue weighted by molar-refractivity contribution is 0.150. The fraction of sp³-hybridized carbons (Fsp3) is 0.364. The van der Waals surface area contributed by atoms with Crippen LogP contribution in [0.25, 0.3) is 12.2 Å². The largest absolute Gasteiger partial charge is 0.471 e. The predicted molar refractivity (Wildman–Crippen MR) is 71.9 cm³/mol. The maximum atomic E-state index is 10.8. The van der Waals surface area contributed by atoms with Gasteiger partial charge in [-0.1, -0.05) is 12.2 Å². The van der Waals surface area contributed by atoms with Crippen LogP contribution in [0.3, 0.4) is 0 Å². The van der Waals surface area contributed by atoms with Gasteiger partial charge in [0.1, 0.15) is 12.6 Å². The van der Waals surface area contributed by atoms with Crippen LogP contribution in [-0.2, 0) is 15.8 Å². The molecule has 0 bridgehead atoms. The van der Waals surface area contributed by atoms with E-state index in [0.717, 1.165) is 0 Å². The van der Waals surface area contributed by atoms with Gasteiger partial charge in [0.25, 0.3) is 0 Å².